The second-order valence-electron chi connectivity index (χ2n) is 4.37. The van der Waals surface area contributed by atoms with Gasteiger partial charge in [0, 0.05) is 18.8 Å². The molecule has 0 aliphatic carbocycles. The highest BCUT2D eigenvalue weighted by molar-refractivity contribution is 7.91. The van der Waals surface area contributed by atoms with E-state index in [-0.39, 0.29) is 11.2 Å². The van der Waals surface area contributed by atoms with E-state index in [0.29, 0.717) is 0 Å². The van der Waals surface area contributed by atoms with Gasteiger partial charge in [-0.25, -0.2) is 30.2 Å². The predicted molar refractivity (Wildman–Crippen MR) is 71.0 cm³/mol. The van der Waals surface area contributed by atoms with Crippen LogP contribution in [0.5, 0.6) is 0 Å². The number of rotatable bonds is 3. The average Bonchev–Trinajstić information content (AvgIpc) is 2.67. The van der Waals surface area contributed by atoms with E-state index in [1.54, 1.807) is 0 Å². The van der Waals surface area contributed by atoms with Gasteiger partial charge in [0.05, 0.1) is 0 Å². The molecule has 0 radical (unpaired) electrons. The molecule has 0 aromatic carbocycles. The maximum atomic E-state index is 11.7. The Morgan fingerprint density at radius 2 is 1.33 bits per heavy atom. The third kappa shape index (κ3) is 3.03. The molecule has 0 unspecified atom stereocenters. The minimum Gasteiger partial charge on any atom is -0.325 e. The van der Waals surface area contributed by atoms with E-state index in [0.717, 1.165) is 18.8 Å². The summed E-state index contributed by atoms with van der Waals surface area (Å²) in [5.41, 5.74) is -0.614. The number of H-pyrrole nitrogens is 1. The van der Waals surface area contributed by atoms with Crippen molar-refractivity contribution in [1.82, 2.24) is 19.9 Å². The lowest BCUT2D eigenvalue weighted by Crippen LogP contribution is -2.10. The zero-order valence-electron chi connectivity index (χ0n) is 11.0. The topological polar surface area (TPSA) is 157 Å². The summed E-state index contributed by atoms with van der Waals surface area (Å²) in [6.45, 7) is 0. The third-order valence-electron chi connectivity index (χ3n) is 2.31. The molecule has 2 aromatic heterocycles. The van der Waals surface area contributed by atoms with Gasteiger partial charge in [0.25, 0.3) is 0 Å². The lowest BCUT2D eigenvalue weighted by Gasteiger charge is -2.01. The van der Waals surface area contributed by atoms with Crippen molar-refractivity contribution in [3.05, 3.63) is 0 Å². The largest absolute Gasteiger partial charge is 0.325 e. The smallest absolute Gasteiger partial charge is 0.250 e. The summed E-state index contributed by atoms with van der Waals surface area (Å²) < 4.78 is 69.2. The van der Waals surface area contributed by atoms with Crippen LogP contribution in [0.2, 0.25) is 0 Å². The number of hydrogen-bond acceptors (Lipinski definition) is 9. The van der Waals surface area contributed by atoms with E-state index in [9.17, 15) is 25.3 Å². The van der Waals surface area contributed by atoms with Crippen LogP contribution in [0.15, 0.2) is 15.3 Å². The Balaban J connectivity index is 3.02. The summed E-state index contributed by atoms with van der Waals surface area (Å²) in [5.74, 6) is 0. The highest BCUT2D eigenvalue weighted by atomic mass is 32.2. The molecule has 1 N–H and O–H groups in total. The van der Waals surface area contributed by atoms with Gasteiger partial charge in [0.1, 0.15) is 5.52 Å². The van der Waals surface area contributed by atoms with E-state index in [2.05, 4.69) is 19.9 Å². The summed E-state index contributed by atoms with van der Waals surface area (Å²) in [5, 5.41) is -1.90. The minimum absolute atomic E-state index is 0.259. The molecule has 0 saturated heterocycles. The van der Waals surface area contributed by atoms with Crippen LogP contribution in [0.3, 0.4) is 0 Å². The highest BCUT2D eigenvalue weighted by Crippen LogP contribution is 2.21. The molecule has 2 rings (SSSR count). The van der Waals surface area contributed by atoms with Crippen molar-refractivity contribution >= 4 is 40.7 Å². The van der Waals surface area contributed by atoms with Crippen molar-refractivity contribution in [3.63, 3.8) is 0 Å². The van der Waals surface area contributed by atoms with Gasteiger partial charge in [-0.15, -0.1) is 0 Å². The first-order valence-electron chi connectivity index (χ1n) is 5.18. The number of nitrogens with one attached hydrogen (secondary N) is 1. The number of imidazole rings is 1. The molecule has 2 heterocycles. The molecule has 0 fully saturated rings. The van der Waals surface area contributed by atoms with Crippen LogP contribution >= 0.6 is 0 Å². The first-order chi connectivity index (χ1) is 9.30. The normalized spacial score (nSPS) is 13.7. The molecule has 10 nitrogen and oxygen atoms in total. The van der Waals surface area contributed by atoms with Crippen LogP contribution in [0.4, 0.5) is 0 Å². The van der Waals surface area contributed by atoms with Crippen LogP contribution in [-0.4, -0.2) is 64.0 Å². The molecule has 2 aromatic rings. The van der Waals surface area contributed by atoms with Crippen molar-refractivity contribution in [2.75, 3.05) is 18.8 Å². The van der Waals surface area contributed by atoms with Crippen molar-refractivity contribution < 1.29 is 25.3 Å². The summed E-state index contributed by atoms with van der Waals surface area (Å²) in [7, 11) is -11.6. The molecule has 21 heavy (non-hydrogen) atoms. The molecule has 13 heteroatoms. The summed E-state index contributed by atoms with van der Waals surface area (Å²) in [4.78, 5) is 13.0. The monoisotopic (exact) mass is 354 g/mol. The SMILES string of the molecule is CS(=O)(=O)c1nc(S(C)(=O)=O)c2[nH]c(S(C)(=O)=O)nc2n1. The first kappa shape index (κ1) is 15.8. The Morgan fingerprint density at radius 3 is 1.76 bits per heavy atom. The molecule has 0 aliphatic rings. The molecule has 116 valence electrons. The maximum absolute atomic E-state index is 11.7. The number of aromatic nitrogens is 4. The molecular formula is C8H10N4O6S3. The van der Waals surface area contributed by atoms with E-state index < -0.39 is 44.9 Å². The Morgan fingerprint density at radius 1 is 0.762 bits per heavy atom. The number of fused-ring (bicyclic) bond motifs is 1. The Kier molecular flexibility index (Phi) is 3.34. The van der Waals surface area contributed by atoms with Gasteiger partial charge in [-0.05, 0) is 0 Å². The zero-order chi connectivity index (χ0) is 16.2. The van der Waals surface area contributed by atoms with Gasteiger partial charge < -0.3 is 4.98 Å². The fourth-order valence-corrected chi connectivity index (χ4v) is 3.31. The Labute approximate surface area is 120 Å². The standard InChI is InChI=1S/C8H10N4O6S3/c1-19(13,14)6-4-5(10-7(9-4)20(2,15)16)11-8(12-6)21(3,17)18/h1-3H3,(H,9,10,11,12). The average molecular weight is 354 g/mol. The van der Waals surface area contributed by atoms with E-state index in [1.165, 1.54) is 0 Å². The molecular weight excluding hydrogens is 344 g/mol. The number of aromatic amines is 1. The molecule has 0 amide bonds. The highest BCUT2D eigenvalue weighted by Gasteiger charge is 2.25. The van der Waals surface area contributed by atoms with Crippen LogP contribution in [0, 0.1) is 0 Å². The van der Waals surface area contributed by atoms with E-state index in [1.807, 2.05) is 0 Å². The molecule has 0 atom stereocenters. The third-order valence-corrected chi connectivity index (χ3v) is 5.05. The maximum Gasteiger partial charge on any atom is 0.250 e. The summed E-state index contributed by atoms with van der Waals surface area (Å²) in [6.07, 6.45) is 2.46. The van der Waals surface area contributed by atoms with Crippen molar-refractivity contribution in [3.8, 4) is 0 Å². The van der Waals surface area contributed by atoms with Gasteiger partial charge in [-0.1, -0.05) is 0 Å². The van der Waals surface area contributed by atoms with Crippen LogP contribution in [0.1, 0.15) is 0 Å². The molecule has 0 saturated carbocycles. The lowest BCUT2D eigenvalue weighted by atomic mass is 10.6. The number of hydrogen-bond donors (Lipinski definition) is 1. The Bertz CT molecular complexity index is 1050. The van der Waals surface area contributed by atoms with Crippen LogP contribution in [0.25, 0.3) is 11.2 Å². The number of sulfone groups is 3. The predicted octanol–water partition coefficient (Wildman–Crippen LogP) is -1.44. The van der Waals surface area contributed by atoms with Gasteiger partial charge in [0.2, 0.25) is 30.0 Å². The van der Waals surface area contributed by atoms with Gasteiger partial charge in [0.15, 0.2) is 20.5 Å². The van der Waals surface area contributed by atoms with Gasteiger partial charge in [-0.3, -0.25) is 0 Å². The molecule has 0 aliphatic heterocycles. The number of nitrogens with zero attached hydrogens (tertiary/aromatic N) is 3. The Hall–Kier alpha value is -1.60. The van der Waals surface area contributed by atoms with Crippen LogP contribution < -0.4 is 0 Å². The quantitative estimate of drug-likeness (QED) is 0.515. The molecule has 0 spiro atoms. The fraction of sp³-hybridized carbons (Fsp3) is 0.375. The van der Waals surface area contributed by atoms with Crippen molar-refractivity contribution in [1.29, 1.82) is 0 Å². The summed E-state index contributed by atoms with van der Waals surface area (Å²) >= 11 is 0. The van der Waals surface area contributed by atoms with Crippen LogP contribution in [-0.2, 0) is 29.5 Å². The minimum atomic E-state index is -3.93. The summed E-state index contributed by atoms with van der Waals surface area (Å²) in [6, 6.07) is 0. The van der Waals surface area contributed by atoms with E-state index >= 15 is 0 Å². The zero-order valence-corrected chi connectivity index (χ0v) is 13.5. The van der Waals surface area contributed by atoms with E-state index in [4.69, 9.17) is 0 Å². The first-order valence-corrected chi connectivity index (χ1v) is 10.9. The van der Waals surface area contributed by atoms with Crippen molar-refractivity contribution in [2.24, 2.45) is 0 Å². The van der Waals surface area contributed by atoms with Crippen molar-refractivity contribution in [2.45, 2.75) is 15.3 Å². The van der Waals surface area contributed by atoms with Gasteiger partial charge >= 0.3 is 0 Å². The fourth-order valence-electron chi connectivity index (χ4n) is 1.44. The van der Waals surface area contributed by atoms with Gasteiger partial charge in [-0.2, -0.15) is 9.97 Å². The lowest BCUT2D eigenvalue weighted by molar-refractivity contribution is 0.586. The second kappa shape index (κ2) is 4.45. The second-order valence-corrected chi connectivity index (χ2v) is 10.1. The molecule has 0 bridgehead atoms.